The maximum absolute atomic E-state index is 12.5. The summed E-state index contributed by atoms with van der Waals surface area (Å²) < 4.78 is 33.2. The van der Waals surface area contributed by atoms with E-state index in [0.29, 0.717) is 24.6 Å². The van der Waals surface area contributed by atoms with Crippen molar-refractivity contribution in [2.45, 2.75) is 49.5 Å². The van der Waals surface area contributed by atoms with E-state index in [1.807, 2.05) is 0 Å². The zero-order valence-corrected chi connectivity index (χ0v) is 15.2. The molecule has 1 heterocycles. The molecule has 1 aliphatic carbocycles. The number of carbonyl (C=O) groups excluding carboxylic acids is 1. The summed E-state index contributed by atoms with van der Waals surface area (Å²) in [5, 5.41) is 2.89. The second kappa shape index (κ2) is 8.29. The lowest BCUT2D eigenvalue weighted by Gasteiger charge is -2.22. The average Bonchev–Trinajstić information content (AvgIpc) is 3.13. The molecule has 25 heavy (non-hydrogen) atoms. The average molecular weight is 366 g/mol. The van der Waals surface area contributed by atoms with Crippen LogP contribution < -0.4 is 10.0 Å². The summed E-state index contributed by atoms with van der Waals surface area (Å²) >= 11 is 0. The van der Waals surface area contributed by atoms with Crippen LogP contribution in [0, 0.1) is 5.92 Å². The molecule has 7 heteroatoms. The Kier molecular flexibility index (Phi) is 6.09. The Morgan fingerprint density at radius 3 is 2.68 bits per heavy atom. The van der Waals surface area contributed by atoms with Gasteiger partial charge >= 0.3 is 0 Å². The van der Waals surface area contributed by atoms with E-state index in [1.165, 1.54) is 12.1 Å². The highest BCUT2D eigenvalue weighted by molar-refractivity contribution is 7.89. The van der Waals surface area contributed by atoms with Crippen molar-refractivity contribution in [1.29, 1.82) is 0 Å². The van der Waals surface area contributed by atoms with Gasteiger partial charge in [0.2, 0.25) is 10.0 Å². The molecule has 1 aromatic carbocycles. The zero-order chi connectivity index (χ0) is 17.7. The van der Waals surface area contributed by atoms with Crippen LogP contribution in [-0.2, 0) is 14.8 Å². The molecule has 2 aliphatic rings. The van der Waals surface area contributed by atoms with Crippen molar-refractivity contribution >= 4 is 15.9 Å². The van der Waals surface area contributed by atoms with Gasteiger partial charge < -0.3 is 10.1 Å². The van der Waals surface area contributed by atoms with E-state index in [9.17, 15) is 13.2 Å². The largest absolute Gasteiger partial charge is 0.381 e. The van der Waals surface area contributed by atoms with Gasteiger partial charge in [0.25, 0.3) is 5.91 Å². The Morgan fingerprint density at radius 1 is 1.16 bits per heavy atom. The van der Waals surface area contributed by atoms with Crippen LogP contribution in [0.15, 0.2) is 29.2 Å². The number of carbonyl (C=O) groups is 1. The van der Waals surface area contributed by atoms with Gasteiger partial charge in [-0.2, -0.15) is 0 Å². The molecule has 0 spiro atoms. The minimum Gasteiger partial charge on any atom is -0.381 e. The molecule has 3 rings (SSSR count). The molecule has 1 saturated heterocycles. The quantitative estimate of drug-likeness (QED) is 0.807. The fourth-order valence-corrected chi connectivity index (χ4v) is 4.79. The third-order valence-corrected chi connectivity index (χ3v) is 6.41. The van der Waals surface area contributed by atoms with Gasteiger partial charge in [-0.05, 0) is 49.8 Å². The highest BCUT2D eigenvalue weighted by Gasteiger charge is 2.23. The molecule has 2 N–H and O–H groups in total. The smallest absolute Gasteiger partial charge is 0.251 e. The predicted octanol–water partition coefficient (Wildman–Crippen LogP) is 2.06. The Hall–Kier alpha value is -1.44. The topological polar surface area (TPSA) is 84.5 Å². The number of hydrogen-bond acceptors (Lipinski definition) is 4. The van der Waals surface area contributed by atoms with E-state index in [2.05, 4.69) is 10.0 Å². The molecule has 1 amide bonds. The fourth-order valence-electron chi connectivity index (χ4n) is 3.44. The van der Waals surface area contributed by atoms with Gasteiger partial charge in [-0.1, -0.05) is 18.9 Å². The Bertz CT molecular complexity index is 693. The van der Waals surface area contributed by atoms with E-state index in [-0.39, 0.29) is 16.8 Å². The Balaban J connectivity index is 1.62. The lowest BCUT2D eigenvalue weighted by atomic mass is 10.0. The summed E-state index contributed by atoms with van der Waals surface area (Å²) in [5.74, 6) is 0.0807. The normalized spacial score (nSPS) is 22.0. The van der Waals surface area contributed by atoms with Crippen LogP contribution in [0.2, 0.25) is 0 Å². The highest BCUT2D eigenvalue weighted by atomic mass is 32.2. The second-order valence-electron chi connectivity index (χ2n) is 6.92. The molecule has 1 atom stereocenters. The molecule has 2 fully saturated rings. The van der Waals surface area contributed by atoms with Crippen LogP contribution in [0.25, 0.3) is 0 Å². The monoisotopic (exact) mass is 366 g/mol. The number of amides is 1. The van der Waals surface area contributed by atoms with Gasteiger partial charge in [-0.15, -0.1) is 0 Å². The number of sulfonamides is 1. The lowest BCUT2D eigenvalue weighted by Crippen LogP contribution is -2.34. The fraction of sp³-hybridized carbons (Fsp3) is 0.611. The van der Waals surface area contributed by atoms with Crippen molar-refractivity contribution in [3.05, 3.63) is 29.8 Å². The van der Waals surface area contributed by atoms with Gasteiger partial charge in [0.15, 0.2) is 0 Å². The molecule has 1 aliphatic heterocycles. The first-order chi connectivity index (χ1) is 12.0. The molecule has 0 bridgehead atoms. The maximum Gasteiger partial charge on any atom is 0.251 e. The lowest BCUT2D eigenvalue weighted by molar-refractivity contribution is 0.0536. The number of rotatable bonds is 6. The van der Waals surface area contributed by atoms with E-state index in [1.54, 1.807) is 12.1 Å². The van der Waals surface area contributed by atoms with Gasteiger partial charge in [0.05, 0.1) is 11.5 Å². The Labute approximate surface area is 149 Å². The van der Waals surface area contributed by atoms with Crippen LogP contribution in [-0.4, -0.2) is 40.1 Å². The van der Waals surface area contributed by atoms with Crippen LogP contribution in [0.1, 0.15) is 48.9 Å². The van der Waals surface area contributed by atoms with E-state index >= 15 is 0 Å². The molecule has 1 aromatic rings. The Morgan fingerprint density at radius 2 is 1.96 bits per heavy atom. The van der Waals surface area contributed by atoms with Crippen LogP contribution in [0.5, 0.6) is 0 Å². The molecule has 138 valence electrons. The van der Waals surface area contributed by atoms with E-state index in [4.69, 9.17) is 4.74 Å². The van der Waals surface area contributed by atoms with Crippen LogP contribution >= 0.6 is 0 Å². The van der Waals surface area contributed by atoms with E-state index < -0.39 is 10.0 Å². The van der Waals surface area contributed by atoms with Crippen LogP contribution in [0.4, 0.5) is 0 Å². The molecule has 1 saturated carbocycles. The van der Waals surface area contributed by atoms with Gasteiger partial charge in [-0.3, -0.25) is 4.79 Å². The third-order valence-electron chi connectivity index (χ3n) is 4.89. The summed E-state index contributed by atoms with van der Waals surface area (Å²) in [5.41, 5.74) is 0.367. The summed E-state index contributed by atoms with van der Waals surface area (Å²) in [7, 11) is -3.59. The first kappa shape index (κ1) is 18.4. The first-order valence-corrected chi connectivity index (χ1v) is 10.5. The van der Waals surface area contributed by atoms with Crippen molar-refractivity contribution in [3.63, 3.8) is 0 Å². The van der Waals surface area contributed by atoms with Crippen molar-refractivity contribution < 1.29 is 17.9 Å². The van der Waals surface area contributed by atoms with Crippen molar-refractivity contribution in [3.8, 4) is 0 Å². The van der Waals surface area contributed by atoms with Gasteiger partial charge in [-0.25, -0.2) is 13.1 Å². The summed E-state index contributed by atoms with van der Waals surface area (Å²) in [6.07, 6.45) is 5.92. The number of nitrogens with one attached hydrogen (secondary N) is 2. The highest BCUT2D eigenvalue weighted by Crippen LogP contribution is 2.21. The minimum absolute atomic E-state index is 0.00813. The molecular formula is C18H26N2O4S. The molecule has 0 aromatic heterocycles. The van der Waals surface area contributed by atoms with E-state index in [0.717, 1.165) is 45.1 Å². The van der Waals surface area contributed by atoms with Crippen molar-refractivity contribution in [2.24, 2.45) is 5.92 Å². The predicted molar refractivity (Wildman–Crippen MR) is 94.9 cm³/mol. The minimum atomic E-state index is -3.59. The number of ether oxygens (including phenoxy) is 1. The zero-order valence-electron chi connectivity index (χ0n) is 14.4. The summed E-state index contributed by atoms with van der Waals surface area (Å²) in [6.45, 7) is 2.01. The van der Waals surface area contributed by atoms with Crippen molar-refractivity contribution in [2.75, 3.05) is 19.8 Å². The van der Waals surface area contributed by atoms with Gasteiger partial charge in [0.1, 0.15) is 0 Å². The maximum atomic E-state index is 12.5. The first-order valence-electron chi connectivity index (χ1n) is 9.03. The standard InChI is InChI=1S/C18H26N2O4S/c21-18(19-12-14-5-4-10-24-13-14)15-6-3-9-17(11-15)25(22,23)20-16-7-1-2-8-16/h3,6,9,11,14,16,20H,1-2,4-5,7-8,10,12-13H2,(H,19,21). The van der Waals surface area contributed by atoms with Crippen molar-refractivity contribution in [1.82, 2.24) is 10.0 Å². The summed E-state index contributed by atoms with van der Waals surface area (Å²) in [4.78, 5) is 12.5. The SMILES string of the molecule is O=C(NCC1CCCOC1)c1cccc(S(=O)(=O)NC2CCCC2)c1. The molecule has 6 nitrogen and oxygen atoms in total. The van der Waals surface area contributed by atoms with Gasteiger partial charge in [0, 0.05) is 24.8 Å². The molecular weight excluding hydrogens is 340 g/mol. The number of hydrogen-bond donors (Lipinski definition) is 2. The molecule has 0 radical (unpaired) electrons. The number of benzene rings is 1. The molecule has 1 unspecified atom stereocenters. The third kappa shape index (κ3) is 5.03. The summed E-state index contributed by atoms with van der Waals surface area (Å²) in [6, 6.07) is 6.24. The van der Waals surface area contributed by atoms with Crippen LogP contribution in [0.3, 0.4) is 0 Å². The second-order valence-corrected chi connectivity index (χ2v) is 8.64.